The topological polar surface area (TPSA) is 80.1 Å². The van der Waals surface area contributed by atoms with Gasteiger partial charge in [0.05, 0.1) is 34.9 Å². The van der Waals surface area contributed by atoms with Gasteiger partial charge in [-0.2, -0.15) is 17.5 Å². The lowest BCUT2D eigenvalue weighted by molar-refractivity contribution is -0.137. The van der Waals surface area contributed by atoms with E-state index in [0.29, 0.717) is 30.5 Å². The van der Waals surface area contributed by atoms with Gasteiger partial charge in [0.15, 0.2) is 0 Å². The second-order valence-electron chi connectivity index (χ2n) is 6.80. The first kappa shape index (κ1) is 23.6. The molecule has 1 aliphatic heterocycles. The van der Waals surface area contributed by atoms with Gasteiger partial charge in [0.25, 0.3) is 0 Å². The van der Waals surface area contributed by atoms with Crippen LogP contribution in [-0.2, 0) is 27.5 Å². The summed E-state index contributed by atoms with van der Waals surface area (Å²) in [6, 6.07) is 4.06. The molecule has 0 unspecified atom stereocenters. The molecule has 0 saturated carbocycles. The number of rotatable bonds is 6. The molecule has 2 heterocycles. The number of sulfonamides is 1. The van der Waals surface area contributed by atoms with Crippen LogP contribution >= 0.6 is 11.6 Å². The Morgan fingerprint density at radius 2 is 1.87 bits per heavy atom. The zero-order chi connectivity index (χ0) is 22.8. The average molecular weight is 481 g/mol. The Labute approximate surface area is 182 Å². The molecule has 0 N–H and O–H groups in total. The van der Waals surface area contributed by atoms with E-state index >= 15 is 0 Å². The maximum absolute atomic E-state index is 13.1. The molecule has 1 fully saturated rings. The lowest BCUT2D eigenvalue weighted by Gasteiger charge is -2.33. The van der Waals surface area contributed by atoms with Crippen molar-refractivity contribution in [3.63, 3.8) is 0 Å². The molecule has 0 bridgehead atoms. The van der Waals surface area contributed by atoms with E-state index in [1.807, 2.05) is 4.90 Å². The number of carbonyl (C=O) groups excluding carboxylic acids is 1. The zero-order valence-electron chi connectivity index (χ0n) is 16.5. The van der Waals surface area contributed by atoms with Crippen LogP contribution in [0.25, 0.3) is 0 Å². The minimum absolute atomic E-state index is 0.0712. The molecule has 0 amide bonds. The molecule has 2 aromatic rings. The van der Waals surface area contributed by atoms with E-state index in [2.05, 4.69) is 0 Å². The van der Waals surface area contributed by atoms with Crippen molar-refractivity contribution in [3.8, 4) is 0 Å². The molecule has 7 nitrogen and oxygen atoms in total. The molecule has 1 saturated heterocycles. The Bertz CT molecular complexity index is 1050. The van der Waals surface area contributed by atoms with Crippen molar-refractivity contribution in [1.29, 1.82) is 0 Å². The highest BCUT2D eigenvalue weighted by molar-refractivity contribution is 7.89. The third kappa shape index (κ3) is 5.22. The van der Waals surface area contributed by atoms with Crippen LogP contribution in [0.5, 0.6) is 0 Å². The van der Waals surface area contributed by atoms with Crippen molar-refractivity contribution in [2.24, 2.45) is 0 Å². The Balaban J connectivity index is 1.69. The summed E-state index contributed by atoms with van der Waals surface area (Å²) in [7, 11) is -4.13. The average Bonchev–Trinajstić information content (AvgIpc) is 3.16. The number of halogens is 4. The van der Waals surface area contributed by atoms with Gasteiger partial charge in [-0.05, 0) is 31.2 Å². The molecule has 3 rings (SSSR count). The van der Waals surface area contributed by atoms with Gasteiger partial charge >= 0.3 is 12.1 Å². The standard InChI is InChI=1S/C19H20ClF3N2O5S/c1-2-29-18(26)14-5-10-30-17(14)12-24-6-8-25(9-7-24)31(27,28)13-3-4-16(20)15(11-13)19(21,22)23/h3-5,10-11H,2,6-9,12H2,1H3. The smallest absolute Gasteiger partial charge is 0.417 e. The minimum atomic E-state index is -4.76. The summed E-state index contributed by atoms with van der Waals surface area (Å²) in [5, 5.41) is -0.563. The highest BCUT2D eigenvalue weighted by atomic mass is 35.5. The molecular formula is C19H20ClF3N2O5S. The molecule has 0 aliphatic carbocycles. The second kappa shape index (κ2) is 9.19. The molecule has 170 valence electrons. The van der Waals surface area contributed by atoms with Gasteiger partial charge in [-0.25, -0.2) is 13.2 Å². The van der Waals surface area contributed by atoms with Crippen LogP contribution < -0.4 is 0 Å². The monoisotopic (exact) mass is 480 g/mol. The lowest BCUT2D eigenvalue weighted by atomic mass is 10.2. The first-order valence-corrected chi connectivity index (χ1v) is 11.2. The number of benzene rings is 1. The van der Waals surface area contributed by atoms with E-state index < -0.39 is 37.7 Å². The van der Waals surface area contributed by atoms with E-state index in [4.69, 9.17) is 20.8 Å². The molecule has 0 atom stereocenters. The van der Waals surface area contributed by atoms with E-state index in [9.17, 15) is 26.4 Å². The van der Waals surface area contributed by atoms with E-state index in [1.54, 1.807) is 6.92 Å². The highest BCUT2D eigenvalue weighted by Crippen LogP contribution is 2.36. The van der Waals surface area contributed by atoms with E-state index in [-0.39, 0.29) is 26.2 Å². The number of nitrogens with zero attached hydrogens (tertiary/aromatic N) is 2. The summed E-state index contributed by atoms with van der Waals surface area (Å²) in [5.74, 6) is -0.0991. The van der Waals surface area contributed by atoms with Crippen molar-refractivity contribution in [1.82, 2.24) is 9.21 Å². The first-order valence-electron chi connectivity index (χ1n) is 9.36. The number of furan rings is 1. The fourth-order valence-corrected chi connectivity index (χ4v) is 4.89. The Kier molecular flexibility index (Phi) is 6.99. The van der Waals surface area contributed by atoms with Crippen LogP contribution in [0.3, 0.4) is 0 Å². The summed E-state index contributed by atoms with van der Waals surface area (Å²) < 4.78 is 76.4. The lowest BCUT2D eigenvalue weighted by Crippen LogP contribution is -2.48. The molecule has 1 aliphatic rings. The summed E-state index contributed by atoms with van der Waals surface area (Å²) in [4.78, 5) is 13.4. The van der Waals surface area contributed by atoms with Gasteiger partial charge in [-0.1, -0.05) is 11.6 Å². The Morgan fingerprint density at radius 1 is 1.19 bits per heavy atom. The van der Waals surface area contributed by atoms with Crippen LogP contribution in [0.1, 0.15) is 28.6 Å². The predicted octanol–water partition coefficient (Wildman–Crippen LogP) is 3.64. The highest BCUT2D eigenvalue weighted by Gasteiger charge is 2.36. The van der Waals surface area contributed by atoms with E-state index in [0.717, 1.165) is 16.4 Å². The molecule has 12 heteroatoms. The van der Waals surface area contributed by atoms with Crippen molar-refractivity contribution in [2.45, 2.75) is 24.5 Å². The molecule has 1 aromatic carbocycles. The third-order valence-corrected chi connectivity index (χ3v) is 7.04. The van der Waals surface area contributed by atoms with Crippen molar-refractivity contribution in [2.75, 3.05) is 32.8 Å². The number of ether oxygens (including phenoxy) is 1. The van der Waals surface area contributed by atoms with Crippen LogP contribution in [0.15, 0.2) is 39.8 Å². The van der Waals surface area contributed by atoms with Gasteiger partial charge in [-0.3, -0.25) is 4.90 Å². The largest absolute Gasteiger partial charge is 0.467 e. The predicted molar refractivity (Wildman–Crippen MR) is 105 cm³/mol. The Hall–Kier alpha value is -2.08. The number of alkyl halides is 3. The van der Waals surface area contributed by atoms with Gasteiger partial charge in [0.2, 0.25) is 10.0 Å². The number of piperazine rings is 1. The number of hydrogen-bond acceptors (Lipinski definition) is 6. The van der Waals surface area contributed by atoms with Crippen molar-refractivity contribution in [3.05, 3.63) is 52.4 Å². The van der Waals surface area contributed by atoms with Crippen LogP contribution in [0, 0.1) is 0 Å². The third-order valence-electron chi connectivity index (χ3n) is 4.82. The first-order chi connectivity index (χ1) is 14.5. The van der Waals surface area contributed by atoms with Gasteiger partial charge in [-0.15, -0.1) is 0 Å². The minimum Gasteiger partial charge on any atom is -0.467 e. The molecule has 31 heavy (non-hydrogen) atoms. The molecule has 0 spiro atoms. The number of esters is 1. The van der Waals surface area contributed by atoms with Crippen LogP contribution in [0.4, 0.5) is 13.2 Å². The van der Waals surface area contributed by atoms with Crippen LogP contribution in [0.2, 0.25) is 5.02 Å². The second-order valence-corrected chi connectivity index (χ2v) is 9.14. The maximum Gasteiger partial charge on any atom is 0.417 e. The fourth-order valence-electron chi connectivity index (χ4n) is 3.22. The summed E-state index contributed by atoms with van der Waals surface area (Å²) >= 11 is 5.58. The zero-order valence-corrected chi connectivity index (χ0v) is 18.1. The van der Waals surface area contributed by atoms with Crippen molar-refractivity contribution >= 4 is 27.6 Å². The van der Waals surface area contributed by atoms with Gasteiger partial charge in [0, 0.05) is 26.2 Å². The van der Waals surface area contributed by atoms with Crippen LogP contribution in [-0.4, -0.2) is 56.4 Å². The van der Waals surface area contributed by atoms with Crippen molar-refractivity contribution < 1.29 is 35.5 Å². The van der Waals surface area contributed by atoms with Gasteiger partial charge in [0.1, 0.15) is 11.3 Å². The molecular weight excluding hydrogens is 461 g/mol. The fraction of sp³-hybridized carbons (Fsp3) is 0.421. The number of carbonyl (C=O) groups is 1. The molecule has 1 aromatic heterocycles. The Morgan fingerprint density at radius 3 is 2.48 bits per heavy atom. The number of hydrogen-bond donors (Lipinski definition) is 0. The summed E-state index contributed by atoms with van der Waals surface area (Å²) in [5.41, 5.74) is -0.893. The summed E-state index contributed by atoms with van der Waals surface area (Å²) in [6.45, 7) is 2.94. The molecule has 0 radical (unpaired) electrons. The van der Waals surface area contributed by atoms with E-state index in [1.165, 1.54) is 12.3 Å². The summed E-state index contributed by atoms with van der Waals surface area (Å²) in [6.07, 6.45) is -3.39. The SMILES string of the molecule is CCOC(=O)c1ccoc1CN1CCN(S(=O)(=O)c2ccc(Cl)c(C(F)(F)F)c2)CC1. The normalized spacial score (nSPS) is 16.4. The van der Waals surface area contributed by atoms with Gasteiger partial charge < -0.3 is 9.15 Å². The quantitative estimate of drug-likeness (QED) is 0.587. The maximum atomic E-state index is 13.1.